The van der Waals surface area contributed by atoms with Crippen molar-refractivity contribution in [2.75, 3.05) is 18.0 Å². The van der Waals surface area contributed by atoms with Gasteiger partial charge in [-0.15, -0.1) is 0 Å². The second-order valence-electron chi connectivity index (χ2n) is 3.12. The van der Waals surface area contributed by atoms with Gasteiger partial charge in [-0.1, -0.05) is 0 Å². The van der Waals surface area contributed by atoms with Gasteiger partial charge in [0.1, 0.15) is 11.9 Å². The van der Waals surface area contributed by atoms with E-state index in [4.69, 9.17) is 5.26 Å². The first-order chi connectivity index (χ1) is 6.31. The zero-order valence-corrected chi connectivity index (χ0v) is 7.13. The molecule has 0 spiro atoms. The lowest BCUT2D eigenvalue weighted by Gasteiger charge is -2.33. The minimum absolute atomic E-state index is 0.115. The fourth-order valence-electron chi connectivity index (χ4n) is 1.37. The SMILES string of the molecule is N#Cc1ccc(N2CCC2)cc1F. The number of hydrogen-bond acceptors (Lipinski definition) is 2. The highest BCUT2D eigenvalue weighted by Gasteiger charge is 2.15. The summed E-state index contributed by atoms with van der Waals surface area (Å²) in [5.74, 6) is -0.424. The smallest absolute Gasteiger partial charge is 0.143 e. The van der Waals surface area contributed by atoms with Crippen LogP contribution in [0.5, 0.6) is 0 Å². The van der Waals surface area contributed by atoms with Crippen molar-refractivity contribution in [1.29, 1.82) is 5.26 Å². The Bertz CT molecular complexity index is 364. The number of benzene rings is 1. The molecule has 0 unspecified atom stereocenters. The molecule has 0 amide bonds. The van der Waals surface area contributed by atoms with Crippen LogP contribution in [0, 0.1) is 17.1 Å². The molecule has 1 aromatic rings. The molecular weight excluding hydrogens is 167 g/mol. The molecule has 1 fully saturated rings. The molecule has 3 heteroatoms. The van der Waals surface area contributed by atoms with E-state index in [1.807, 2.05) is 0 Å². The minimum atomic E-state index is -0.424. The standard InChI is InChI=1S/C10H9FN2/c11-10-6-9(13-4-1-5-13)3-2-8(10)7-12/h2-3,6H,1,4-5H2. The van der Waals surface area contributed by atoms with Gasteiger partial charge in [0.05, 0.1) is 5.56 Å². The van der Waals surface area contributed by atoms with Crippen molar-refractivity contribution in [2.24, 2.45) is 0 Å². The summed E-state index contributed by atoms with van der Waals surface area (Å²) < 4.78 is 13.1. The van der Waals surface area contributed by atoms with Gasteiger partial charge < -0.3 is 4.90 Å². The van der Waals surface area contributed by atoms with Crippen LogP contribution >= 0.6 is 0 Å². The van der Waals surface area contributed by atoms with E-state index in [1.54, 1.807) is 12.1 Å². The van der Waals surface area contributed by atoms with E-state index in [0.717, 1.165) is 18.8 Å². The van der Waals surface area contributed by atoms with Crippen LogP contribution in [0.2, 0.25) is 0 Å². The van der Waals surface area contributed by atoms with Gasteiger partial charge in [0.2, 0.25) is 0 Å². The summed E-state index contributed by atoms with van der Waals surface area (Å²) in [7, 11) is 0. The largest absolute Gasteiger partial charge is 0.371 e. The predicted molar refractivity (Wildman–Crippen MR) is 47.9 cm³/mol. The normalized spacial score (nSPS) is 14.9. The van der Waals surface area contributed by atoms with Crippen LogP contribution in [0.4, 0.5) is 10.1 Å². The molecule has 2 nitrogen and oxygen atoms in total. The predicted octanol–water partition coefficient (Wildman–Crippen LogP) is 1.91. The highest BCUT2D eigenvalue weighted by molar-refractivity contribution is 5.51. The Morgan fingerprint density at radius 1 is 1.38 bits per heavy atom. The van der Waals surface area contributed by atoms with E-state index in [1.165, 1.54) is 18.6 Å². The molecule has 0 radical (unpaired) electrons. The fourth-order valence-corrected chi connectivity index (χ4v) is 1.37. The summed E-state index contributed by atoms with van der Waals surface area (Å²) in [6.07, 6.45) is 1.17. The molecule has 1 heterocycles. The van der Waals surface area contributed by atoms with Gasteiger partial charge in [-0.3, -0.25) is 0 Å². The Balaban J connectivity index is 2.30. The molecule has 0 atom stereocenters. The minimum Gasteiger partial charge on any atom is -0.371 e. The van der Waals surface area contributed by atoms with Crippen molar-refractivity contribution >= 4 is 5.69 Å². The van der Waals surface area contributed by atoms with Crippen molar-refractivity contribution in [3.8, 4) is 6.07 Å². The Morgan fingerprint density at radius 2 is 2.15 bits per heavy atom. The van der Waals surface area contributed by atoms with Gasteiger partial charge in [0.25, 0.3) is 0 Å². The lowest BCUT2D eigenvalue weighted by atomic mass is 10.1. The quantitative estimate of drug-likeness (QED) is 0.653. The van der Waals surface area contributed by atoms with Crippen LogP contribution in [-0.4, -0.2) is 13.1 Å². The topological polar surface area (TPSA) is 27.0 Å². The highest BCUT2D eigenvalue weighted by Crippen LogP contribution is 2.22. The number of nitrogens with zero attached hydrogens (tertiary/aromatic N) is 2. The van der Waals surface area contributed by atoms with Crippen molar-refractivity contribution in [1.82, 2.24) is 0 Å². The molecule has 1 aliphatic rings. The molecule has 0 aliphatic carbocycles. The first-order valence-electron chi connectivity index (χ1n) is 4.26. The molecule has 0 aromatic heterocycles. The monoisotopic (exact) mass is 176 g/mol. The van der Waals surface area contributed by atoms with Crippen LogP contribution in [0.3, 0.4) is 0 Å². The Kier molecular flexibility index (Phi) is 1.90. The zero-order valence-electron chi connectivity index (χ0n) is 7.13. The average molecular weight is 176 g/mol. The Labute approximate surface area is 76.2 Å². The van der Waals surface area contributed by atoms with Crippen molar-refractivity contribution in [2.45, 2.75) is 6.42 Å². The average Bonchev–Trinajstić information content (AvgIpc) is 2.01. The van der Waals surface area contributed by atoms with E-state index >= 15 is 0 Å². The van der Waals surface area contributed by atoms with E-state index in [9.17, 15) is 4.39 Å². The Morgan fingerprint density at radius 3 is 2.62 bits per heavy atom. The number of halogens is 1. The summed E-state index contributed by atoms with van der Waals surface area (Å²) in [5.41, 5.74) is 0.993. The van der Waals surface area contributed by atoms with Crippen LogP contribution in [-0.2, 0) is 0 Å². The third-order valence-electron chi connectivity index (χ3n) is 2.29. The van der Waals surface area contributed by atoms with E-state index < -0.39 is 5.82 Å². The first-order valence-corrected chi connectivity index (χ1v) is 4.26. The summed E-state index contributed by atoms with van der Waals surface area (Å²) >= 11 is 0. The maximum Gasteiger partial charge on any atom is 0.143 e. The van der Waals surface area contributed by atoms with Crippen LogP contribution in [0.15, 0.2) is 18.2 Å². The van der Waals surface area contributed by atoms with Gasteiger partial charge in [0.15, 0.2) is 0 Å². The molecule has 0 N–H and O–H groups in total. The number of anilines is 1. The van der Waals surface area contributed by atoms with E-state index in [0.29, 0.717) is 0 Å². The molecule has 13 heavy (non-hydrogen) atoms. The lowest BCUT2D eigenvalue weighted by Crippen LogP contribution is -2.36. The van der Waals surface area contributed by atoms with E-state index in [-0.39, 0.29) is 5.56 Å². The van der Waals surface area contributed by atoms with Gasteiger partial charge in [0, 0.05) is 18.8 Å². The second kappa shape index (κ2) is 3.06. The molecular formula is C10H9FN2. The molecule has 1 aromatic carbocycles. The third-order valence-corrected chi connectivity index (χ3v) is 2.29. The van der Waals surface area contributed by atoms with Gasteiger partial charge in [-0.05, 0) is 24.6 Å². The first kappa shape index (κ1) is 8.06. The lowest BCUT2D eigenvalue weighted by molar-refractivity contribution is 0.601. The van der Waals surface area contributed by atoms with Gasteiger partial charge >= 0.3 is 0 Å². The molecule has 2 rings (SSSR count). The fraction of sp³-hybridized carbons (Fsp3) is 0.300. The summed E-state index contributed by atoms with van der Waals surface area (Å²) in [4.78, 5) is 2.09. The van der Waals surface area contributed by atoms with Crippen LogP contribution in [0.1, 0.15) is 12.0 Å². The number of nitriles is 1. The van der Waals surface area contributed by atoms with Gasteiger partial charge in [-0.25, -0.2) is 4.39 Å². The molecule has 1 saturated heterocycles. The molecule has 0 saturated carbocycles. The number of rotatable bonds is 1. The molecule has 0 bridgehead atoms. The van der Waals surface area contributed by atoms with Crippen molar-refractivity contribution < 1.29 is 4.39 Å². The van der Waals surface area contributed by atoms with Crippen molar-refractivity contribution in [3.05, 3.63) is 29.6 Å². The van der Waals surface area contributed by atoms with E-state index in [2.05, 4.69) is 4.90 Å². The zero-order chi connectivity index (χ0) is 9.26. The summed E-state index contributed by atoms with van der Waals surface area (Å²) in [5, 5.41) is 8.52. The van der Waals surface area contributed by atoms with Crippen LogP contribution in [0.25, 0.3) is 0 Å². The Hall–Kier alpha value is -1.56. The van der Waals surface area contributed by atoms with Crippen molar-refractivity contribution in [3.63, 3.8) is 0 Å². The van der Waals surface area contributed by atoms with Crippen LogP contribution < -0.4 is 4.90 Å². The van der Waals surface area contributed by atoms with Gasteiger partial charge in [-0.2, -0.15) is 5.26 Å². The molecule has 66 valence electrons. The summed E-state index contributed by atoms with van der Waals surface area (Å²) in [6, 6.07) is 6.56. The summed E-state index contributed by atoms with van der Waals surface area (Å²) in [6.45, 7) is 1.98. The maximum absolute atomic E-state index is 13.1. The number of hydrogen-bond donors (Lipinski definition) is 0. The third kappa shape index (κ3) is 1.35. The molecule has 1 aliphatic heterocycles. The second-order valence-corrected chi connectivity index (χ2v) is 3.12. The highest BCUT2D eigenvalue weighted by atomic mass is 19.1. The maximum atomic E-state index is 13.1.